The van der Waals surface area contributed by atoms with Gasteiger partial charge in [0.2, 0.25) is 0 Å². The highest BCUT2D eigenvalue weighted by atomic mass is 16.5. The van der Waals surface area contributed by atoms with Crippen LogP contribution in [0, 0.1) is 0 Å². The van der Waals surface area contributed by atoms with Gasteiger partial charge < -0.3 is 14.7 Å². The summed E-state index contributed by atoms with van der Waals surface area (Å²) >= 11 is 0. The molecule has 1 heterocycles. The quantitative estimate of drug-likeness (QED) is 0.709. The minimum Gasteiger partial charge on any atom is -0.394 e. The molecule has 0 saturated carbocycles. The monoisotopic (exact) mass is 187 g/mol. The van der Waals surface area contributed by atoms with Gasteiger partial charge >= 0.3 is 0 Å². The second-order valence-corrected chi connectivity index (χ2v) is 3.92. The van der Waals surface area contributed by atoms with Crippen molar-refractivity contribution in [3.8, 4) is 0 Å². The van der Waals surface area contributed by atoms with Crippen LogP contribution < -0.4 is 0 Å². The molecule has 0 bridgehead atoms. The molecule has 0 aromatic carbocycles. The lowest BCUT2D eigenvalue weighted by Gasteiger charge is -2.34. The summed E-state index contributed by atoms with van der Waals surface area (Å²) in [6, 6.07) is 0.652. The van der Waals surface area contributed by atoms with Crippen molar-refractivity contribution in [2.75, 3.05) is 26.3 Å². The lowest BCUT2D eigenvalue weighted by atomic mass is 10.1. The van der Waals surface area contributed by atoms with E-state index in [1.807, 2.05) is 0 Å². The largest absolute Gasteiger partial charge is 0.394 e. The van der Waals surface area contributed by atoms with Crippen LogP contribution in [-0.4, -0.2) is 48.5 Å². The van der Waals surface area contributed by atoms with Crippen LogP contribution in [0.5, 0.6) is 0 Å². The average Bonchev–Trinajstić information content (AvgIpc) is 2.15. The van der Waals surface area contributed by atoms with Crippen LogP contribution in [0.1, 0.15) is 26.7 Å². The van der Waals surface area contributed by atoms with Crippen LogP contribution in [0.25, 0.3) is 0 Å². The summed E-state index contributed by atoms with van der Waals surface area (Å²) in [5.74, 6) is 0. The highest BCUT2D eigenvalue weighted by Crippen LogP contribution is 2.15. The van der Waals surface area contributed by atoms with E-state index in [4.69, 9.17) is 9.84 Å². The molecule has 3 heteroatoms. The van der Waals surface area contributed by atoms with Crippen LogP contribution in [0.3, 0.4) is 0 Å². The van der Waals surface area contributed by atoms with E-state index >= 15 is 0 Å². The van der Waals surface area contributed by atoms with Gasteiger partial charge in [-0.3, -0.25) is 0 Å². The number of piperidine rings is 1. The summed E-state index contributed by atoms with van der Waals surface area (Å²) in [4.78, 5) is 2.47. The lowest BCUT2D eigenvalue weighted by Crippen LogP contribution is -2.41. The Labute approximate surface area is 80.7 Å². The van der Waals surface area contributed by atoms with Gasteiger partial charge in [-0.2, -0.15) is 0 Å². The minimum absolute atomic E-state index is 0.143. The van der Waals surface area contributed by atoms with Crippen molar-refractivity contribution in [2.24, 2.45) is 0 Å². The Morgan fingerprint density at radius 1 is 1.38 bits per heavy atom. The Morgan fingerprint density at radius 3 is 2.46 bits per heavy atom. The SMILES string of the molecule is CC(C)N1CCC(OCCO)CC1. The molecule has 1 fully saturated rings. The van der Waals surface area contributed by atoms with Gasteiger partial charge in [-0.1, -0.05) is 0 Å². The molecule has 1 aliphatic heterocycles. The normalized spacial score (nSPS) is 21.2. The molecule has 13 heavy (non-hydrogen) atoms. The predicted molar refractivity (Wildman–Crippen MR) is 52.8 cm³/mol. The summed E-state index contributed by atoms with van der Waals surface area (Å²) in [7, 11) is 0. The molecule has 0 aromatic rings. The minimum atomic E-state index is 0.143. The number of likely N-dealkylation sites (tertiary alicyclic amines) is 1. The standard InChI is InChI=1S/C10H21NO2/c1-9(2)11-5-3-10(4-6-11)13-8-7-12/h9-10,12H,3-8H2,1-2H3. The van der Waals surface area contributed by atoms with Crippen molar-refractivity contribution in [3.05, 3.63) is 0 Å². The molecule has 0 unspecified atom stereocenters. The van der Waals surface area contributed by atoms with E-state index in [0.29, 0.717) is 18.8 Å². The zero-order chi connectivity index (χ0) is 9.68. The van der Waals surface area contributed by atoms with E-state index < -0.39 is 0 Å². The average molecular weight is 187 g/mol. The molecule has 0 radical (unpaired) electrons. The fraction of sp³-hybridized carbons (Fsp3) is 1.00. The van der Waals surface area contributed by atoms with Gasteiger partial charge in [0.1, 0.15) is 0 Å². The third-order valence-electron chi connectivity index (χ3n) is 2.65. The summed E-state index contributed by atoms with van der Waals surface area (Å²) < 4.78 is 5.48. The van der Waals surface area contributed by atoms with Gasteiger partial charge in [0.05, 0.1) is 19.3 Å². The van der Waals surface area contributed by atoms with Crippen LogP contribution >= 0.6 is 0 Å². The number of aliphatic hydroxyl groups is 1. The van der Waals surface area contributed by atoms with Crippen LogP contribution in [0.15, 0.2) is 0 Å². The van der Waals surface area contributed by atoms with Crippen molar-refractivity contribution in [2.45, 2.75) is 38.8 Å². The van der Waals surface area contributed by atoms with E-state index in [2.05, 4.69) is 18.7 Å². The van der Waals surface area contributed by atoms with Gasteiger partial charge in [-0.15, -0.1) is 0 Å². The van der Waals surface area contributed by atoms with Crippen LogP contribution in [0.4, 0.5) is 0 Å². The van der Waals surface area contributed by atoms with Crippen LogP contribution in [-0.2, 0) is 4.74 Å². The predicted octanol–water partition coefficient (Wildman–Crippen LogP) is 0.868. The summed E-state index contributed by atoms with van der Waals surface area (Å²) in [6.45, 7) is 7.36. The van der Waals surface area contributed by atoms with E-state index in [1.54, 1.807) is 0 Å². The van der Waals surface area contributed by atoms with Gasteiger partial charge in [-0.25, -0.2) is 0 Å². The van der Waals surface area contributed by atoms with Crippen molar-refractivity contribution in [1.82, 2.24) is 4.90 Å². The molecular formula is C10H21NO2. The van der Waals surface area contributed by atoms with Crippen molar-refractivity contribution in [3.63, 3.8) is 0 Å². The smallest absolute Gasteiger partial charge is 0.0701 e. The number of aliphatic hydroxyl groups excluding tert-OH is 1. The molecule has 0 aliphatic carbocycles. The molecular weight excluding hydrogens is 166 g/mol. The first-order valence-corrected chi connectivity index (χ1v) is 5.20. The van der Waals surface area contributed by atoms with Gasteiger partial charge in [0.25, 0.3) is 0 Å². The van der Waals surface area contributed by atoms with Crippen LogP contribution in [0.2, 0.25) is 0 Å². The first-order valence-electron chi connectivity index (χ1n) is 5.20. The molecule has 3 nitrogen and oxygen atoms in total. The lowest BCUT2D eigenvalue weighted by molar-refractivity contribution is -0.0126. The third-order valence-corrected chi connectivity index (χ3v) is 2.65. The Morgan fingerprint density at radius 2 is 2.00 bits per heavy atom. The Kier molecular flexibility index (Phi) is 4.70. The van der Waals surface area contributed by atoms with Gasteiger partial charge in [0, 0.05) is 19.1 Å². The van der Waals surface area contributed by atoms with Gasteiger partial charge in [0.15, 0.2) is 0 Å². The fourth-order valence-electron chi connectivity index (χ4n) is 1.78. The molecule has 1 aliphatic rings. The zero-order valence-electron chi connectivity index (χ0n) is 8.70. The van der Waals surface area contributed by atoms with Crippen molar-refractivity contribution < 1.29 is 9.84 Å². The number of hydrogen-bond acceptors (Lipinski definition) is 3. The second-order valence-electron chi connectivity index (χ2n) is 3.92. The first kappa shape index (κ1) is 11.0. The molecule has 1 rings (SSSR count). The summed E-state index contributed by atoms with van der Waals surface area (Å²) in [5.41, 5.74) is 0. The molecule has 1 N–H and O–H groups in total. The van der Waals surface area contributed by atoms with Gasteiger partial charge in [-0.05, 0) is 26.7 Å². The maximum Gasteiger partial charge on any atom is 0.0701 e. The van der Waals surface area contributed by atoms with Crippen molar-refractivity contribution >= 4 is 0 Å². The summed E-state index contributed by atoms with van der Waals surface area (Å²) in [6.07, 6.45) is 2.60. The number of nitrogens with zero attached hydrogens (tertiary/aromatic N) is 1. The van der Waals surface area contributed by atoms with Crippen molar-refractivity contribution in [1.29, 1.82) is 0 Å². The number of hydrogen-bond donors (Lipinski definition) is 1. The topological polar surface area (TPSA) is 32.7 Å². The Hall–Kier alpha value is -0.120. The Balaban J connectivity index is 2.15. The van der Waals surface area contributed by atoms with E-state index in [1.165, 1.54) is 0 Å². The maximum atomic E-state index is 8.60. The molecule has 1 saturated heterocycles. The molecule has 0 aromatic heterocycles. The van der Waals surface area contributed by atoms with E-state index in [-0.39, 0.29) is 6.61 Å². The molecule has 0 atom stereocenters. The third kappa shape index (κ3) is 3.63. The maximum absolute atomic E-state index is 8.60. The highest BCUT2D eigenvalue weighted by molar-refractivity contribution is 4.74. The molecule has 78 valence electrons. The van der Waals surface area contributed by atoms with E-state index in [0.717, 1.165) is 25.9 Å². The summed E-state index contributed by atoms with van der Waals surface area (Å²) in [5, 5.41) is 8.60. The number of ether oxygens (including phenoxy) is 1. The molecule has 0 amide bonds. The Bertz CT molecular complexity index is 131. The number of rotatable bonds is 4. The highest BCUT2D eigenvalue weighted by Gasteiger charge is 2.20. The first-order chi connectivity index (χ1) is 6.24. The van der Waals surface area contributed by atoms with E-state index in [9.17, 15) is 0 Å². The fourth-order valence-corrected chi connectivity index (χ4v) is 1.78. The second kappa shape index (κ2) is 5.58. The molecule has 0 spiro atoms. The zero-order valence-corrected chi connectivity index (χ0v) is 8.70.